The van der Waals surface area contributed by atoms with Crippen LogP contribution in [0.1, 0.15) is 35.7 Å². The lowest BCUT2D eigenvalue weighted by Gasteiger charge is -2.17. The quantitative estimate of drug-likeness (QED) is 0.801. The van der Waals surface area contributed by atoms with E-state index in [2.05, 4.69) is 14.6 Å². The van der Waals surface area contributed by atoms with Crippen LogP contribution < -0.4 is 9.62 Å². The second kappa shape index (κ2) is 7.33. The van der Waals surface area contributed by atoms with Gasteiger partial charge in [0.05, 0.1) is 4.90 Å². The van der Waals surface area contributed by atoms with Gasteiger partial charge in [-0.3, -0.25) is 4.79 Å². The molecule has 1 fully saturated rings. The number of nitrogens with zero attached hydrogens (tertiary/aromatic N) is 2. The van der Waals surface area contributed by atoms with Crippen LogP contribution >= 0.6 is 0 Å². The molecule has 0 radical (unpaired) electrons. The van der Waals surface area contributed by atoms with E-state index in [0.717, 1.165) is 37.3 Å². The molecule has 1 saturated heterocycles. The molecule has 3 rings (SSSR count). The summed E-state index contributed by atoms with van der Waals surface area (Å²) >= 11 is 0. The van der Waals surface area contributed by atoms with Gasteiger partial charge in [-0.25, -0.2) is 18.1 Å². The molecule has 25 heavy (non-hydrogen) atoms. The molecule has 132 valence electrons. The van der Waals surface area contributed by atoms with Gasteiger partial charge in [-0.2, -0.15) is 0 Å². The number of ketones is 1. The Kier molecular flexibility index (Phi) is 5.15. The SMILES string of the molecule is CC(=O)c1ccc(S(=O)(=O)NCc2ccnc(N3CCCC3)c2)cc1. The molecule has 1 aromatic carbocycles. The van der Waals surface area contributed by atoms with Crippen molar-refractivity contribution in [2.45, 2.75) is 31.2 Å². The van der Waals surface area contributed by atoms with E-state index in [1.807, 2.05) is 6.07 Å². The Morgan fingerprint density at radius 3 is 2.48 bits per heavy atom. The van der Waals surface area contributed by atoms with Crippen molar-refractivity contribution in [1.82, 2.24) is 9.71 Å². The number of hydrogen-bond acceptors (Lipinski definition) is 5. The molecule has 1 aromatic heterocycles. The summed E-state index contributed by atoms with van der Waals surface area (Å²) in [5.74, 6) is 0.795. The first-order valence-electron chi connectivity index (χ1n) is 8.26. The lowest BCUT2D eigenvalue weighted by molar-refractivity contribution is 0.101. The van der Waals surface area contributed by atoms with Crippen LogP contribution in [0, 0.1) is 0 Å². The molecule has 0 spiro atoms. The first-order chi connectivity index (χ1) is 12.0. The highest BCUT2D eigenvalue weighted by atomic mass is 32.2. The van der Waals surface area contributed by atoms with Gasteiger partial charge >= 0.3 is 0 Å². The summed E-state index contributed by atoms with van der Waals surface area (Å²) in [7, 11) is -3.63. The molecule has 0 saturated carbocycles. The Bertz CT molecular complexity index is 857. The maximum atomic E-state index is 12.4. The fraction of sp³-hybridized carbons (Fsp3) is 0.333. The van der Waals surface area contributed by atoms with E-state index in [1.54, 1.807) is 12.3 Å². The van der Waals surface area contributed by atoms with Crippen LogP contribution in [-0.4, -0.2) is 32.3 Å². The number of pyridine rings is 1. The standard InChI is InChI=1S/C18H21N3O3S/c1-14(22)16-4-6-17(7-5-16)25(23,24)20-13-15-8-9-19-18(12-15)21-10-2-3-11-21/h4-9,12,20H,2-3,10-11,13H2,1H3. The van der Waals surface area contributed by atoms with E-state index in [1.165, 1.54) is 31.2 Å². The number of carbonyl (C=O) groups excluding carboxylic acids is 1. The predicted octanol–water partition coefficient (Wildman–Crippen LogP) is 2.36. The number of sulfonamides is 1. The second-order valence-electron chi connectivity index (χ2n) is 6.12. The van der Waals surface area contributed by atoms with Crippen LogP contribution in [0.25, 0.3) is 0 Å². The Morgan fingerprint density at radius 2 is 1.84 bits per heavy atom. The molecule has 7 heteroatoms. The van der Waals surface area contributed by atoms with E-state index in [9.17, 15) is 13.2 Å². The third kappa shape index (κ3) is 4.24. The first kappa shape index (κ1) is 17.6. The topological polar surface area (TPSA) is 79.4 Å². The van der Waals surface area contributed by atoms with Crippen LogP contribution in [0.15, 0.2) is 47.5 Å². The van der Waals surface area contributed by atoms with Crippen molar-refractivity contribution in [1.29, 1.82) is 0 Å². The summed E-state index contributed by atoms with van der Waals surface area (Å²) in [5.41, 5.74) is 1.35. The van der Waals surface area contributed by atoms with Gasteiger partial charge in [0.15, 0.2) is 5.78 Å². The van der Waals surface area contributed by atoms with Gasteiger partial charge in [0.25, 0.3) is 0 Å². The fourth-order valence-electron chi connectivity index (χ4n) is 2.82. The number of rotatable bonds is 6. The first-order valence-corrected chi connectivity index (χ1v) is 9.74. The van der Waals surface area contributed by atoms with Crippen molar-refractivity contribution in [3.8, 4) is 0 Å². The summed E-state index contributed by atoms with van der Waals surface area (Å²) in [4.78, 5) is 18.0. The number of carbonyl (C=O) groups is 1. The largest absolute Gasteiger partial charge is 0.357 e. The summed E-state index contributed by atoms with van der Waals surface area (Å²) in [6.45, 7) is 3.62. The van der Waals surface area contributed by atoms with Gasteiger partial charge in [-0.15, -0.1) is 0 Å². The summed E-state index contributed by atoms with van der Waals surface area (Å²) in [6.07, 6.45) is 4.03. The smallest absolute Gasteiger partial charge is 0.240 e. The van der Waals surface area contributed by atoms with Crippen molar-refractivity contribution < 1.29 is 13.2 Å². The third-order valence-corrected chi connectivity index (χ3v) is 5.69. The van der Waals surface area contributed by atoms with Crippen molar-refractivity contribution in [3.05, 3.63) is 53.7 Å². The van der Waals surface area contributed by atoms with Gasteiger partial charge in [-0.05, 0) is 49.6 Å². The van der Waals surface area contributed by atoms with E-state index >= 15 is 0 Å². The van der Waals surface area contributed by atoms with Gasteiger partial charge in [0.2, 0.25) is 10.0 Å². The fourth-order valence-corrected chi connectivity index (χ4v) is 3.84. The van der Waals surface area contributed by atoms with E-state index in [4.69, 9.17) is 0 Å². The summed E-state index contributed by atoms with van der Waals surface area (Å²) in [6, 6.07) is 9.67. The van der Waals surface area contributed by atoms with Crippen LogP contribution in [0.5, 0.6) is 0 Å². The lowest BCUT2D eigenvalue weighted by atomic mass is 10.2. The molecule has 0 aliphatic carbocycles. The predicted molar refractivity (Wildman–Crippen MR) is 96.2 cm³/mol. The molecule has 2 aromatic rings. The summed E-state index contributed by atoms with van der Waals surface area (Å²) in [5, 5.41) is 0. The number of benzene rings is 1. The molecule has 0 unspecified atom stereocenters. The average Bonchev–Trinajstić information content (AvgIpc) is 3.15. The molecule has 0 amide bonds. The highest BCUT2D eigenvalue weighted by Gasteiger charge is 2.16. The van der Waals surface area contributed by atoms with Crippen LogP contribution in [-0.2, 0) is 16.6 Å². The third-order valence-electron chi connectivity index (χ3n) is 4.28. The minimum atomic E-state index is -3.63. The molecule has 6 nitrogen and oxygen atoms in total. The van der Waals surface area contributed by atoms with E-state index in [0.29, 0.717) is 5.56 Å². The zero-order valence-corrected chi connectivity index (χ0v) is 14.9. The minimum absolute atomic E-state index is 0.0943. The van der Waals surface area contributed by atoms with Gasteiger partial charge < -0.3 is 4.90 Å². The Labute approximate surface area is 147 Å². The molecule has 0 bridgehead atoms. The molecule has 1 aliphatic rings. The second-order valence-corrected chi connectivity index (χ2v) is 7.89. The van der Waals surface area contributed by atoms with Crippen LogP contribution in [0.4, 0.5) is 5.82 Å². The molecule has 1 N–H and O–H groups in total. The Balaban J connectivity index is 1.69. The Morgan fingerprint density at radius 1 is 1.16 bits per heavy atom. The lowest BCUT2D eigenvalue weighted by Crippen LogP contribution is -2.24. The minimum Gasteiger partial charge on any atom is -0.357 e. The maximum Gasteiger partial charge on any atom is 0.240 e. The van der Waals surface area contributed by atoms with Crippen LogP contribution in [0.2, 0.25) is 0 Å². The number of nitrogens with one attached hydrogen (secondary N) is 1. The van der Waals surface area contributed by atoms with Crippen LogP contribution in [0.3, 0.4) is 0 Å². The van der Waals surface area contributed by atoms with E-state index < -0.39 is 10.0 Å². The molecule has 1 aliphatic heterocycles. The highest BCUT2D eigenvalue weighted by Crippen LogP contribution is 2.19. The normalized spacial score (nSPS) is 14.7. The Hall–Kier alpha value is -2.25. The molecule has 2 heterocycles. The number of anilines is 1. The number of aromatic nitrogens is 1. The molecular weight excluding hydrogens is 338 g/mol. The van der Waals surface area contributed by atoms with Crippen molar-refractivity contribution in [2.75, 3.05) is 18.0 Å². The highest BCUT2D eigenvalue weighted by molar-refractivity contribution is 7.89. The average molecular weight is 359 g/mol. The van der Waals surface area contributed by atoms with Crippen molar-refractivity contribution in [3.63, 3.8) is 0 Å². The maximum absolute atomic E-state index is 12.4. The van der Waals surface area contributed by atoms with Crippen molar-refractivity contribution >= 4 is 21.6 Å². The molecular formula is C18H21N3O3S. The summed E-state index contributed by atoms with van der Waals surface area (Å²) < 4.78 is 27.4. The molecule has 0 atom stereocenters. The zero-order chi connectivity index (χ0) is 17.9. The van der Waals surface area contributed by atoms with Gasteiger partial charge in [-0.1, -0.05) is 12.1 Å². The zero-order valence-electron chi connectivity index (χ0n) is 14.1. The van der Waals surface area contributed by atoms with E-state index in [-0.39, 0.29) is 17.2 Å². The van der Waals surface area contributed by atoms with Gasteiger partial charge in [0, 0.05) is 31.4 Å². The van der Waals surface area contributed by atoms with Crippen molar-refractivity contribution in [2.24, 2.45) is 0 Å². The number of hydrogen-bond donors (Lipinski definition) is 1. The van der Waals surface area contributed by atoms with Gasteiger partial charge in [0.1, 0.15) is 5.82 Å². The monoisotopic (exact) mass is 359 g/mol. The number of Topliss-reactive ketones (excluding diaryl/α,β-unsaturated/α-hetero) is 1.